The number of carbonyl (C=O) groups excluding carboxylic acids is 1. The van der Waals surface area contributed by atoms with Gasteiger partial charge in [0.25, 0.3) is 0 Å². The number of oxime groups is 1. The topological polar surface area (TPSA) is 72.4 Å². The molecule has 2 aliphatic rings. The summed E-state index contributed by atoms with van der Waals surface area (Å²) in [5, 5.41) is 8.85. The molecule has 0 aliphatic carbocycles. The van der Waals surface area contributed by atoms with Crippen LogP contribution in [0.15, 0.2) is 58.6 Å². The summed E-state index contributed by atoms with van der Waals surface area (Å²) >= 11 is 1.58. The van der Waals surface area contributed by atoms with Gasteiger partial charge < -0.3 is 14.4 Å². The van der Waals surface area contributed by atoms with Crippen molar-refractivity contribution in [2.24, 2.45) is 5.16 Å². The summed E-state index contributed by atoms with van der Waals surface area (Å²) in [6, 6.07) is 15.5. The van der Waals surface area contributed by atoms with E-state index in [0.717, 1.165) is 46.9 Å². The van der Waals surface area contributed by atoms with E-state index < -0.39 is 6.09 Å². The molecule has 0 aromatic heterocycles. The highest BCUT2D eigenvalue weighted by Crippen LogP contribution is 2.36. The van der Waals surface area contributed by atoms with Crippen LogP contribution < -0.4 is 10.1 Å². The van der Waals surface area contributed by atoms with Crippen molar-refractivity contribution in [2.45, 2.75) is 29.8 Å². The number of anilines is 1. The maximum absolute atomic E-state index is 12.3. The molecular formula is C22H25N3O4S. The third-order valence-corrected chi connectivity index (χ3v) is 6.23. The number of benzene rings is 2. The SMILES string of the molecule is COc1cccc(C2=NOC3(CCN(OC(=O)Nc4ccccc4SC)CC3)C2)c1. The Morgan fingerprint density at radius 3 is 2.77 bits per heavy atom. The lowest BCUT2D eigenvalue weighted by molar-refractivity contribution is -0.154. The van der Waals surface area contributed by atoms with Gasteiger partial charge in [-0.3, -0.25) is 5.32 Å². The maximum atomic E-state index is 12.3. The Labute approximate surface area is 180 Å². The Bertz CT molecular complexity index is 941. The molecule has 1 fully saturated rings. The molecule has 1 amide bonds. The monoisotopic (exact) mass is 427 g/mol. The number of piperidine rings is 1. The number of hydroxylamine groups is 2. The summed E-state index contributed by atoms with van der Waals surface area (Å²) in [6.45, 7) is 1.19. The Morgan fingerprint density at radius 1 is 1.20 bits per heavy atom. The van der Waals surface area contributed by atoms with Gasteiger partial charge in [-0.2, -0.15) is 0 Å². The Kier molecular flexibility index (Phi) is 6.15. The van der Waals surface area contributed by atoms with Gasteiger partial charge in [-0.25, -0.2) is 4.79 Å². The van der Waals surface area contributed by atoms with Crippen molar-refractivity contribution in [3.05, 3.63) is 54.1 Å². The summed E-state index contributed by atoms with van der Waals surface area (Å²) in [6.07, 6.45) is 3.70. The van der Waals surface area contributed by atoms with Gasteiger partial charge in [0.15, 0.2) is 0 Å². The lowest BCUT2D eigenvalue weighted by Crippen LogP contribution is -2.45. The Hall–Kier alpha value is -2.71. The zero-order valence-electron chi connectivity index (χ0n) is 17.1. The second kappa shape index (κ2) is 8.97. The minimum Gasteiger partial charge on any atom is -0.497 e. The van der Waals surface area contributed by atoms with Crippen LogP contribution in [0, 0.1) is 0 Å². The highest BCUT2D eigenvalue weighted by atomic mass is 32.2. The number of carbonyl (C=O) groups is 1. The van der Waals surface area contributed by atoms with Crippen LogP contribution in [0.25, 0.3) is 0 Å². The van der Waals surface area contributed by atoms with Crippen LogP contribution in [0.2, 0.25) is 0 Å². The number of nitrogens with zero attached hydrogens (tertiary/aromatic N) is 2. The predicted octanol–water partition coefficient (Wildman–Crippen LogP) is 4.54. The molecule has 0 bridgehead atoms. The predicted molar refractivity (Wildman–Crippen MR) is 117 cm³/mol. The van der Waals surface area contributed by atoms with E-state index in [1.165, 1.54) is 0 Å². The summed E-state index contributed by atoms with van der Waals surface area (Å²) in [5.74, 6) is 0.799. The van der Waals surface area contributed by atoms with Gasteiger partial charge in [-0.15, -0.1) is 16.8 Å². The summed E-state index contributed by atoms with van der Waals surface area (Å²) in [4.78, 5) is 24.7. The number of amides is 1. The molecular weight excluding hydrogens is 402 g/mol. The van der Waals surface area contributed by atoms with E-state index in [0.29, 0.717) is 13.1 Å². The Morgan fingerprint density at radius 2 is 2.00 bits per heavy atom. The lowest BCUT2D eigenvalue weighted by Gasteiger charge is -2.35. The molecule has 2 aliphatic heterocycles. The number of para-hydroxylation sites is 1. The molecule has 2 aromatic carbocycles. The van der Waals surface area contributed by atoms with Crippen LogP contribution >= 0.6 is 11.8 Å². The molecule has 0 atom stereocenters. The van der Waals surface area contributed by atoms with Crippen molar-refractivity contribution in [3.8, 4) is 5.75 Å². The molecule has 7 nitrogen and oxygen atoms in total. The van der Waals surface area contributed by atoms with E-state index >= 15 is 0 Å². The second-order valence-corrected chi connectivity index (χ2v) is 8.20. The van der Waals surface area contributed by atoms with Crippen LogP contribution in [0.3, 0.4) is 0 Å². The van der Waals surface area contributed by atoms with Crippen LogP contribution in [0.1, 0.15) is 24.8 Å². The first-order valence-corrected chi connectivity index (χ1v) is 11.1. The second-order valence-electron chi connectivity index (χ2n) is 7.35. The summed E-state index contributed by atoms with van der Waals surface area (Å²) in [5.41, 5.74) is 2.35. The van der Waals surface area contributed by atoms with E-state index in [1.54, 1.807) is 23.9 Å². The average molecular weight is 428 g/mol. The largest absolute Gasteiger partial charge is 0.497 e. The molecule has 4 rings (SSSR count). The number of thioether (sulfide) groups is 1. The molecule has 0 radical (unpaired) electrons. The van der Waals surface area contributed by atoms with Gasteiger partial charge >= 0.3 is 6.09 Å². The summed E-state index contributed by atoms with van der Waals surface area (Å²) in [7, 11) is 1.65. The zero-order chi connectivity index (χ0) is 21.0. The van der Waals surface area contributed by atoms with Gasteiger partial charge in [0.2, 0.25) is 0 Å². The number of nitrogens with one attached hydrogen (secondary N) is 1. The van der Waals surface area contributed by atoms with Crippen LogP contribution in [-0.2, 0) is 9.68 Å². The lowest BCUT2D eigenvalue weighted by atomic mass is 9.86. The van der Waals surface area contributed by atoms with Crippen molar-refractivity contribution in [1.82, 2.24) is 5.06 Å². The first-order chi connectivity index (χ1) is 14.6. The van der Waals surface area contributed by atoms with E-state index in [1.807, 2.05) is 54.8 Å². The van der Waals surface area contributed by atoms with Crippen molar-refractivity contribution >= 4 is 29.3 Å². The van der Waals surface area contributed by atoms with Gasteiger partial charge in [-0.1, -0.05) is 29.4 Å². The number of ether oxygens (including phenoxy) is 1. The quantitative estimate of drug-likeness (QED) is 0.707. The molecule has 158 valence electrons. The minimum absolute atomic E-state index is 0.333. The van der Waals surface area contributed by atoms with E-state index in [4.69, 9.17) is 14.4 Å². The summed E-state index contributed by atoms with van der Waals surface area (Å²) < 4.78 is 5.30. The molecule has 0 unspecified atom stereocenters. The smallest absolute Gasteiger partial charge is 0.430 e. The van der Waals surface area contributed by atoms with E-state index in [9.17, 15) is 4.79 Å². The fraction of sp³-hybridized carbons (Fsp3) is 0.364. The maximum Gasteiger partial charge on any atom is 0.430 e. The first kappa shape index (κ1) is 20.6. The zero-order valence-corrected chi connectivity index (χ0v) is 17.9. The van der Waals surface area contributed by atoms with Crippen molar-refractivity contribution < 1.29 is 19.2 Å². The third-order valence-electron chi connectivity index (χ3n) is 5.43. The number of hydrogen-bond donors (Lipinski definition) is 1. The molecule has 1 spiro atoms. The highest BCUT2D eigenvalue weighted by molar-refractivity contribution is 7.98. The van der Waals surface area contributed by atoms with Crippen LogP contribution in [0.4, 0.5) is 10.5 Å². The van der Waals surface area contributed by atoms with Crippen LogP contribution in [0.5, 0.6) is 5.75 Å². The average Bonchev–Trinajstić information content (AvgIpc) is 3.19. The standard InChI is InChI=1S/C22H25N3O4S/c1-27-17-7-5-6-16(14-17)19-15-22(29-24-19)10-12-25(13-11-22)28-21(26)23-18-8-3-4-9-20(18)30-2/h3-9,14H,10-13,15H2,1-2H3,(H,23,26). The van der Waals surface area contributed by atoms with Gasteiger partial charge in [0, 0.05) is 42.8 Å². The molecule has 2 aromatic rings. The molecule has 2 heterocycles. The van der Waals surface area contributed by atoms with Crippen molar-refractivity contribution in [3.63, 3.8) is 0 Å². The molecule has 1 saturated heterocycles. The number of hydrogen-bond acceptors (Lipinski definition) is 7. The van der Waals surface area contributed by atoms with Gasteiger partial charge in [0.1, 0.15) is 11.4 Å². The number of rotatable bonds is 5. The van der Waals surface area contributed by atoms with Crippen LogP contribution in [-0.4, -0.2) is 48.9 Å². The van der Waals surface area contributed by atoms with Gasteiger partial charge in [0.05, 0.1) is 18.5 Å². The fourth-order valence-electron chi connectivity index (χ4n) is 3.73. The van der Waals surface area contributed by atoms with E-state index in [2.05, 4.69) is 10.5 Å². The molecule has 0 saturated carbocycles. The molecule has 1 N–H and O–H groups in total. The minimum atomic E-state index is -0.479. The number of methoxy groups -OCH3 is 1. The van der Waals surface area contributed by atoms with Gasteiger partial charge in [-0.05, 0) is 30.5 Å². The molecule has 8 heteroatoms. The van der Waals surface area contributed by atoms with Crippen molar-refractivity contribution in [2.75, 3.05) is 31.8 Å². The fourth-order valence-corrected chi connectivity index (χ4v) is 4.28. The highest BCUT2D eigenvalue weighted by Gasteiger charge is 2.43. The first-order valence-electron chi connectivity index (χ1n) is 9.87. The van der Waals surface area contributed by atoms with E-state index in [-0.39, 0.29) is 5.60 Å². The molecule has 30 heavy (non-hydrogen) atoms. The Balaban J connectivity index is 1.29. The van der Waals surface area contributed by atoms with Crippen molar-refractivity contribution in [1.29, 1.82) is 0 Å². The third kappa shape index (κ3) is 4.55. The normalized spacial score (nSPS) is 17.9.